The van der Waals surface area contributed by atoms with Gasteiger partial charge in [0, 0.05) is 16.9 Å². The van der Waals surface area contributed by atoms with Gasteiger partial charge >= 0.3 is 0 Å². The number of carbonyl (C=O) groups excluding carboxylic acids is 2. The number of amides is 2. The lowest BCUT2D eigenvalue weighted by Crippen LogP contribution is -2.28. The SMILES string of the molecule is NC(=O)c1c(NC(=O)[C@H]2CC(c3ccccc3O)=NO2)sc2c1CCCC2. The zero-order chi connectivity index (χ0) is 19.0. The monoisotopic (exact) mass is 385 g/mol. The lowest BCUT2D eigenvalue weighted by Gasteiger charge is -2.11. The van der Waals surface area contributed by atoms with Crippen molar-refractivity contribution >= 4 is 33.9 Å². The number of phenols is 1. The second kappa shape index (κ2) is 7.03. The second-order valence-electron chi connectivity index (χ2n) is 6.62. The quantitative estimate of drug-likeness (QED) is 0.750. The van der Waals surface area contributed by atoms with Crippen LogP contribution in [0.25, 0.3) is 0 Å². The molecular weight excluding hydrogens is 366 g/mol. The number of nitrogens with one attached hydrogen (secondary N) is 1. The number of para-hydroxylation sites is 1. The van der Waals surface area contributed by atoms with Crippen LogP contribution in [0.3, 0.4) is 0 Å². The van der Waals surface area contributed by atoms with Crippen LogP contribution in [-0.4, -0.2) is 28.7 Å². The molecule has 1 aliphatic heterocycles. The molecule has 4 N–H and O–H groups in total. The number of thiophene rings is 1. The summed E-state index contributed by atoms with van der Waals surface area (Å²) < 4.78 is 0. The first-order valence-corrected chi connectivity index (χ1v) is 9.62. The third-order valence-corrected chi connectivity index (χ3v) is 6.04. The number of oxime groups is 1. The lowest BCUT2D eigenvalue weighted by molar-refractivity contribution is -0.125. The van der Waals surface area contributed by atoms with Crippen LogP contribution < -0.4 is 11.1 Å². The fraction of sp³-hybridized carbons (Fsp3) is 0.316. The molecule has 2 amide bonds. The average molecular weight is 385 g/mol. The van der Waals surface area contributed by atoms with Gasteiger partial charge in [-0.25, -0.2) is 0 Å². The number of nitrogens with two attached hydrogens (primary N) is 1. The Morgan fingerprint density at radius 2 is 2.04 bits per heavy atom. The Hall–Kier alpha value is -2.87. The molecule has 8 heteroatoms. The summed E-state index contributed by atoms with van der Waals surface area (Å²) in [6.45, 7) is 0. The highest BCUT2D eigenvalue weighted by molar-refractivity contribution is 7.17. The van der Waals surface area contributed by atoms with Crippen LogP contribution in [0.1, 0.15) is 45.6 Å². The molecular formula is C19H19N3O4S. The van der Waals surface area contributed by atoms with Gasteiger partial charge in [0.05, 0.1) is 11.3 Å². The summed E-state index contributed by atoms with van der Waals surface area (Å²) in [6.07, 6.45) is 3.21. The number of carbonyl (C=O) groups is 2. The van der Waals surface area contributed by atoms with E-state index in [1.807, 2.05) is 0 Å². The van der Waals surface area contributed by atoms with Crippen molar-refractivity contribution in [2.45, 2.75) is 38.2 Å². The number of phenolic OH excluding ortho intramolecular Hbond substituents is 1. The molecule has 1 aromatic heterocycles. The molecule has 0 saturated carbocycles. The first-order chi connectivity index (χ1) is 13.0. The van der Waals surface area contributed by atoms with Crippen molar-refractivity contribution in [1.29, 1.82) is 0 Å². The molecule has 140 valence electrons. The largest absolute Gasteiger partial charge is 0.507 e. The zero-order valence-corrected chi connectivity index (χ0v) is 15.3. The maximum absolute atomic E-state index is 12.6. The number of benzene rings is 1. The Bertz CT molecular complexity index is 950. The normalized spacial score (nSPS) is 18.4. The van der Waals surface area contributed by atoms with Gasteiger partial charge in [0.2, 0.25) is 6.10 Å². The van der Waals surface area contributed by atoms with Crippen LogP contribution >= 0.6 is 11.3 Å². The number of fused-ring (bicyclic) bond motifs is 1. The Morgan fingerprint density at radius 3 is 2.81 bits per heavy atom. The molecule has 2 aromatic rings. The number of nitrogens with zero attached hydrogens (tertiary/aromatic N) is 1. The van der Waals surface area contributed by atoms with Crippen molar-refractivity contribution in [3.05, 3.63) is 45.8 Å². The molecule has 7 nitrogen and oxygen atoms in total. The molecule has 2 heterocycles. The predicted octanol–water partition coefficient (Wildman–Crippen LogP) is 2.56. The number of anilines is 1. The molecule has 1 aliphatic carbocycles. The predicted molar refractivity (Wildman–Crippen MR) is 102 cm³/mol. The van der Waals surface area contributed by atoms with Crippen molar-refractivity contribution in [3.63, 3.8) is 0 Å². The summed E-state index contributed by atoms with van der Waals surface area (Å²) in [5, 5.41) is 17.2. The van der Waals surface area contributed by atoms with E-state index in [-0.39, 0.29) is 18.1 Å². The Balaban J connectivity index is 1.50. The first kappa shape index (κ1) is 17.5. The van der Waals surface area contributed by atoms with E-state index in [9.17, 15) is 14.7 Å². The number of hydrogen-bond donors (Lipinski definition) is 3. The third-order valence-electron chi connectivity index (χ3n) is 4.83. The molecule has 4 rings (SSSR count). The van der Waals surface area contributed by atoms with Gasteiger partial charge in [-0.05, 0) is 43.4 Å². The van der Waals surface area contributed by atoms with E-state index in [1.54, 1.807) is 24.3 Å². The van der Waals surface area contributed by atoms with Crippen LogP contribution in [-0.2, 0) is 22.5 Å². The van der Waals surface area contributed by atoms with Gasteiger partial charge in [-0.15, -0.1) is 11.3 Å². The highest BCUT2D eigenvalue weighted by Crippen LogP contribution is 2.38. The van der Waals surface area contributed by atoms with E-state index < -0.39 is 12.0 Å². The average Bonchev–Trinajstić information content (AvgIpc) is 3.26. The summed E-state index contributed by atoms with van der Waals surface area (Å²) in [4.78, 5) is 31.0. The number of aromatic hydroxyl groups is 1. The fourth-order valence-corrected chi connectivity index (χ4v) is 4.80. The van der Waals surface area contributed by atoms with Crippen LogP contribution in [0.2, 0.25) is 0 Å². The molecule has 0 spiro atoms. The fourth-order valence-electron chi connectivity index (χ4n) is 3.50. The molecule has 0 unspecified atom stereocenters. The molecule has 1 atom stereocenters. The third kappa shape index (κ3) is 3.28. The smallest absolute Gasteiger partial charge is 0.269 e. The molecule has 0 radical (unpaired) electrons. The zero-order valence-electron chi connectivity index (χ0n) is 14.5. The van der Waals surface area contributed by atoms with Crippen LogP contribution in [0.5, 0.6) is 5.75 Å². The second-order valence-corrected chi connectivity index (χ2v) is 7.73. The number of primary amides is 1. The van der Waals surface area contributed by atoms with Crippen LogP contribution in [0.15, 0.2) is 29.4 Å². The minimum Gasteiger partial charge on any atom is -0.507 e. The van der Waals surface area contributed by atoms with Gasteiger partial charge < -0.3 is 21.0 Å². The maximum atomic E-state index is 12.6. The van der Waals surface area contributed by atoms with Crippen molar-refractivity contribution in [2.75, 3.05) is 5.32 Å². The van der Waals surface area contributed by atoms with Gasteiger partial charge in [0.15, 0.2) is 0 Å². The minimum atomic E-state index is -0.820. The summed E-state index contributed by atoms with van der Waals surface area (Å²) >= 11 is 1.41. The topological polar surface area (TPSA) is 114 Å². The van der Waals surface area contributed by atoms with E-state index in [0.717, 1.165) is 36.1 Å². The molecule has 2 aliphatic rings. The Morgan fingerprint density at radius 1 is 1.26 bits per heavy atom. The minimum absolute atomic E-state index is 0.0860. The van der Waals surface area contributed by atoms with Gasteiger partial charge in [0.1, 0.15) is 10.8 Å². The van der Waals surface area contributed by atoms with Gasteiger partial charge in [-0.1, -0.05) is 17.3 Å². The maximum Gasteiger partial charge on any atom is 0.269 e. The highest BCUT2D eigenvalue weighted by atomic mass is 32.1. The van der Waals surface area contributed by atoms with Crippen molar-refractivity contribution in [1.82, 2.24) is 0 Å². The van der Waals surface area contributed by atoms with E-state index in [1.165, 1.54) is 11.3 Å². The molecule has 0 bridgehead atoms. The molecule has 1 aromatic carbocycles. The number of rotatable bonds is 4. The Labute approximate surface area is 159 Å². The standard InChI is InChI=1S/C19H19N3O4S/c20-17(24)16-11-6-2-4-8-15(11)27-19(16)21-18(25)14-9-12(22-26-14)10-5-1-3-7-13(10)23/h1,3,5,7,14,23H,2,4,6,8-9H2,(H2,20,24)(H,21,25)/t14-/m1/s1. The van der Waals surface area contributed by atoms with E-state index in [4.69, 9.17) is 10.6 Å². The summed E-state index contributed by atoms with van der Waals surface area (Å²) in [5.74, 6) is -0.823. The van der Waals surface area contributed by atoms with Gasteiger partial charge in [-0.2, -0.15) is 0 Å². The van der Waals surface area contributed by atoms with Crippen molar-refractivity contribution in [3.8, 4) is 5.75 Å². The molecule has 27 heavy (non-hydrogen) atoms. The highest BCUT2D eigenvalue weighted by Gasteiger charge is 2.32. The first-order valence-electron chi connectivity index (χ1n) is 8.81. The van der Waals surface area contributed by atoms with Crippen LogP contribution in [0.4, 0.5) is 5.00 Å². The van der Waals surface area contributed by atoms with Crippen molar-refractivity contribution in [2.24, 2.45) is 10.9 Å². The van der Waals surface area contributed by atoms with Gasteiger partial charge in [-0.3, -0.25) is 9.59 Å². The number of hydrogen-bond acceptors (Lipinski definition) is 6. The van der Waals surface area contributed by atoms with E-state index in [2.05, 4.69) is 10.5 Å². The molecule has 0 saturated heterocycles. The summed E-state index contributed by atoms with van der Waals surface area (Å²) in [6, 6.07) is 6.76. The van der Waals surface area contributed by atoms with Crippen molar-refractivity contribution < 1.29 is 19.5 Å². The van der Waals surface area contributed by atoms with Gasteiger partial charge in [0.25, 0.3) is 11.8 Å². The summed E-state index contributed by atoms with van der Waals surface area (Å²) in [7, 11) is 0. The Kier molecular flexibility index (Phi) is 4.57. The lowest BCUT2D eigenvalue weighted by atomic mass is 9.95. The van der Waals surface area contributed by atoms with E-state index >= 15 is 0 Å². The van der Waals surface area contributed by atoms with Crippen LogP contribution in [0, 0.1) is 0 Å². The summed E-state index contributed by atoms with van der Waals surface area (Å²) in [5.41, 5.74) is 7.99. The molecule has 0 fully saturated rings. The van der Waals surface area contributed by atoms with E-state index in [0.29, 0.717) is 21.8 Å². The number of aryl methyl sites for hydroxylation is 1.